The summed E-state index contributed by atoms with van der Waals surface area (Å²) in [7, 11) is 0. The number of hydrogen-bond acceptors (Lipinski definition) is 4. The number of benzene rings is 1. The Morgan fingerprint density at radius 1 is 1.29 bits per heavy atom. The van der Waals surface area contributed by atoms with Gasteiger partial charge in [-0.2, -0.15) is 0 Å². The summed E-state index contributed by atoms with van der Waals surface area (Å²) in [6.07, 6.45) is 1.57. The minimum absolute atomic E-state index is 0.0313. The van der Waals surface area contributed by atoms with Gasteiger partial charge >= 0.3 is 0 Å². The highest BCUT2D eigenvalue weighted by Gasteiger charge is 2.07. The second-order valence-corrected chi connectivity index (χ2v) is 4.61. The van der Waals surface area contributed by atoms with Gasteiger partial charge in [-0.25, -0.2) is 0 Å². The lowest BCUT2D eigenvalue weighted by atomic mass is 10.2. The van der Waals surface area contributed by atoms with Gasteiger partial charge in [0.05, 0.1) is 5.69 Å². The Hall–Kier alpha value is -2.76. The van der Waals surface area contributed by atoms with Crippen molar-refractivity contribution in [1.29, 1.82) is 0 Å². The van der Waals surface area contributed by atoms with Gasteiger partial charge in [0.1, 0.15) is 5.75 Å². The summed E-state index contributed by atoms with van der Waals surface area (Å²) in [5.41, 5.74) is 0.399. The van der Waals surface area contributed by atoms with Crippen LogP contribution in [0.3, 0.4) is 0 Å². The molecule has 110 valence electrons. The van der Waals surface area contributed by atoms with Crippen LogP contribution in [-0.2, 0) is 6.54 Å². The van der Waals surface area contributed by atoms with Gasteiger partial charge in [-0.15, -0.1) is 0 Å². The number of phenols is 1. The summed E-state index contributed by atoms with van der Waals surface area (Å²) in [5.74, 6) is -0.547. The molecule has 0 fully saturated rings. The molecule has 0 unspecified atom stereocenters. The highest BCUT2D eigenvalue weighted by Crippen LogP contribution is 2.11. The molecule has 0 saturated heterocycles. The first-order chi connectivity index (χ1) is 9.99. The van der Waals surface area contributed by atoms with Gasteiger partial charge in [-0.05, 0) is 25.1 Å². The predicted molar refractivity (Wildman–Crippen MR) is 77.5 cm³/mol. The number of amides is 1. The maximum absolute atomic E-state index is 11.9. The van der Waals surface area contributed by atoms with Gasteiger partial charge in [0.25, 0.3) is 5.91 Å². The van der Waals surface area contributed by atoms with Gasteiger partial charge in [0.15, 0.2) is 5.75 Å². The molecular weight excluding hydrogens is 272 g/mol. The number of hydrogen-bond donors (Lipinski definition) is 3. The lowest BCUT2D eigenvalue weighted by Gasteiger charge is -2.12. The normalized spacial score (nSPS) is 10.3. The molecule has 1 heterocycles. The molecule has 0 aliphatic carbocycles. The van der Waals surface area contributed by atoms with E-state index in [1.807, 2.05) is 0 Å². The topological polar surface area (TPSA) is 91.6 Å². The molecule has 6 heteroatoms. The lowest BCUT2D eigenvalue weighted by Crippen LogP contribution is -2.27. The molecule has 2 rings (SSSR count). The highest BCUT2D eigenvalue weighted by molar-refractivity contribution is 5.94. The summed E-state index contributed by atoms with van der Waals surface area (Å²) in [6, 6.07) is 7.34. The van der Waals surface area contributed by atoms with Crippen LogP contribution in [0.5, 0.6) is 11.5 Å². The summed E-state index contributed by atoms with van der Waals surface area (Å²) < 4.78 is 1.68. The number of phenolic OH excluding ortho intramolecular Hbond substituents is 1. The molecule has 0 saturated carbocycles. The summed E-state index contributed by atoms with van der Waals surface area (Å²) in [6.45, 7) is 2.38. The lowest BCUT2D eigenvalue weighted by molar-refractivity contribution is 0.0952. The molecule has 0 atom stereocenters. The van der Waals surface area contributed by atoms with E-state index in [1.165, 1.54) is 18.2 Å². The van der Waals surface area contributed by atoms with Crippen LogP contribution in [0.15, 0.2) is 41.3 Å². The van der Waals surface area contributed by atoms with Crippen LogP contribution in [0.4, 0.5) is 0 Å². The van der Waals surface area contributed by atoms with Crippen molar-refractivity contribution in [2.45, 2.75) is 13.5 Å². The maximum Gasteiger partial charge on any atom is 0.251 e. The van der Waals surface area contributed by atoms with Crippen LogP contribution in [0.1, 0.15) is 16.1 Å². The van der Waals surface area contributed by atoms with Crippen molar-refractivity contribution in [3.05, 3.63) is 58.0 Å². The molecule has 2 aromatic rings. The Morgan fingerprint density at radius 2 is 2.05 bits per heavy atom. The van der Waals surface area contributed by atoms with Crippen molar-refractivity contribution in [3.8, 4) is 11.5 Å². The zero-order valence-electron chi connectivity index (χ0n) is 11.5. The minimum Gasteiger partial charge on any atom is -0.508 e. The number of pyridine rings is 1. The first-order valence-corrected chi connectivity index (χ1v) is 6.45. The van der Waals surface area contributed by atoms with E-state index >= 15 is 0 Å². The molecule has 3 N–H and O–H groups in total. The minimum atomic E-state index is -0.424. The van der Waals surface area contributed by atoms with Gasteiger partial charge in [-0.3, -0.25) is 9.59 Å². The second-order valence-electron chi connectivity index (χ2n) is 4.61. The smallest absolute Gasteiger partial charge is 0.251 e. The number of nitrogens with one attached hydrogen (secondary N) is 1. The highest BCUT2D eigenvalue weighted by atomic mass is 16.3. The molecule has 6 nitrogen and oxygen atoms in total. The number of aromatic hydroxyl groups is 2. The van der Waals surface area contributed by atoms with E-state index in [9.17, 15) is 19.8 Å². The Labute approximate surface area is 121 Å². The fourth-order valence-corrected chi connectivity index (χ4v) is 1.94. The van der Waals surface area contributed by atoms with E-state index in [2.05, 4.69) is 5.32 Å². The number of rotatable bonds is 4. The first kappa shape index (κ1) is 14.6. The standard InChI is InChI=1S/C15H16N2O4/c1-10-14(20)13(19)5-7-17(10)8-6-16-15(21)11-3-2-4-12(18)9-11/h2-5,7,9,18,20H,6,8H2,1H3,(H,16,21). The summed E-state index contributed by atoms with van der Waals surface area (Å²) in [5, 5.41) is 21.6. The second kappa shape index (κ2) is 6.13. The molecule has 1 aromatic carbocycles. The third kappa shape index (κ3) is 3.42. The number of carbonyl (C=O) groups is 1. The van der Waals surface area contributed by atoms with Crippen molar-refractivity contribution in [2.24, 2.45) is 0 Å². The van der Waals surface area contributed by atoms with E-state index in [1.54, 1.807) is 29.8 Å². The predicted octanol–water partition coefficient (Wildman–Crippen LogP) is 0.998. The van der Waals surface area contributed by atoms with Gasteiger partial charge in [0, 0.05) is 30.9 Å². The zero-order valence-corrected chi connectivity index (χ0v) is 11.5. The molecule has 21 heavy (non-hydrogen) atoms. The quantitative estimate of drug-likeness (QED) is 0.782. The third-order valence-corrected chi connectivity index (χ3v) is 3.16. The molecule has 0 spiro atoms. The van der Waals surface area contributed by atoms with E-state index in [0.717, 1.165) is 0 Å². The Morgan fingerprint density at radius 3 is 2.76 bits per heavy atom. The number of nitrogens with zero attached hydrogens (tertiary/aromatic N) is 1. The Kier molecular flexibility index (Phi) is 4.27. The van der Waals surface area contributed by atoms with Crippen LogP contribution in [0.25, 0.3) is 0 Å². The molecule has 0 bridgehead atoms. The molecular formula is C15H16N2O4. The number of aromatic nitrogens is 1. The molecule has 1 aromatic heterocycles. The van der Waals surface area contributed by atoms with Crippen LogP contribution >= 0.6 is 0 Å². The van der Waals surface area contributed by atoms with Crippen LogP contribution in [-0.4, -0.2) is 27.2 Å². The summed E-state index contributed by atoms with van der Waals surface area (Å²) in [4.78, 5) is 23.1. The van der Waals surface area contributed by atoms with Crippen molar-refractivity contribution < 1.29 is 15.0 Å². The SMILES string of the molecule is Cc1c(O)c(=O)ccn1CCNC(=O)c1cccc(O)c1. The monoisotopic (exact) mass is 288 g/mol. The fourth-order valence-electron chi connectivity index (χ4n) is 1.94. The maximum atomic E-state index is 11.9. The molecule has 0 radical (unpaired) electrons. The largest absolute Gasteiger partial charge is 0.508 e. The van der Waals surface area contributed by atoms with E-state index in [4.69, 9.17) is 0 Å². The van der Waals surface area contributed by atoms with Gasteiger partial charge < -0.3 is 20.1 Å². The van der Waals surface area contributed by atoms with Crippen molar-refractivity contribution in [1.82, 2.24) is 9.88 Å². The average Bonchev–Trinajstić information content (AvgIpc) is 2.47. The Bertz CT molecular complexity index is 722. The molecule has 0 aliphatic rings. The average molecular weight is 288 g/mol. The summed E-state index contributed by atoms with van der Waals surface area (Å²) >= 11 is 0. The Balaban J connectivity index is 1.97. The molecule has 1 amide bonds. The van der Waals surface area contributed by atoms with Crippen LogP contribution in [0.2, 0.25) is 0 Å². The van der Waals surface area contributed by atoms with Gasteiger partial charge in [-0.1, -0.05) is 6.07 Å². The van der Waals surface area contributed by atoms with Crippen molar-refractivity contribution in [3.63, 3.8) is 0 Å². The first-order valence-electron chi connectivity index (χ1n) is 6.45. The zero-order chi connectivity index (χ0) is 15.4. The molecule has 0 aliphatic heterocycles. The van der Waals surface area contributed by atoms with E-state index in [-0.39, 0.29) is 17.4 Å². The van der Waals surface area contributed by atoms with Crippen molar-refractivity contribution >= 4 is 5.91 Å². The van der Waals surface area contributed by atoms with E-state index < -0.39 is 5.43 Å². The third-order valence-electron chi connectivity index (χ3n) is 3.16. The van der Waals surface area contributed by atoms with Crippen LogP contribution < -0.4 is 10.7 Å². The fraction of sp³-hybridized carbons (Fsp3) is 0.200. The van der Waals surface area contributed by atoms with Crippen LogP contribution in [0, 0.1) is 6.92 Å². The van der Waals surface area contributed by atoms with Crippen molar-refractivity contribution in [2.75, 3.05) is 6.54 Å². The van der Waals surface area contributed by atoms with Gasteiger partial charge in [0.2, 0.25) is 5.43 Å². The van der Waals surface area contributed by atoms with E-state index in [0.29, 0.717) is 24.3 Å². The number of carbonyl (C=O) groups excluding carboxylic acids is 1.